The van der Waals surface area contributed by atoms with Crippen molar-refractivity contribution in [2.24, 2.45) is 0 Å². The average Bonchev–Trinajstić information content (AvgIpc) is 2.62. The van der Waals surface area contributed by atoms with Gasteiger partial charge in [0.1, 0.15) is 5.82 Å². The van der Waals surface area contributed by atoms with Crippen molar-refractivity contribution in [2.75, 3.05) is 0 Å². The normalized spacial score (nSPS) is 11.6. The minimum atomic E-state index is -0.186. The lowest BCUT2D eigenvalue weighted by atomic mass is 9.79. The molecule has 140 valence electrons. The van der Waals surface area contributed by atoms with Gasteiger partial charge in [0.25, 0.3) is 0 Å². The first-order valence-corrected chi connectivity index (χ1v) is 10.3. The number of aryl methyl sites for hydroxylation is 2. The van der Waals surface area contributed by atoms with Crippen LogP contribution < -0.4 is 0 Å². The molecule has 0 saturated heterocycles. The largest absolute Gasteiger partial charge is 0.207 e. The third kappa shape index (κ3) is 5.71. The first-order chi connectivity index (χ1) is 12.9. The summed E-state index contributed by atoms with van der Waals surface area (Å²) in [4.78, 5) is 2.10. The van der Waals surface area contributed by atoms with Gasteiger partial charge in [0, 0.05) is 9.79 Å². The minimum Gasteiger partial charge on any atom is -0.207 e. The van der Waals surface area contributed by atoms with E-state index in [1.54, 1.807) is 23.9 Å². The van der Waals surface area contributed by atoms with E-state index < -0.39 is 0 Å². The van der Waals surface area contributed by atoms with Crippen LogP contribution in [0.4, 0.5) is 4.39 Å². The number of hydrogen-bond acceptors (Lipinski definition) is 1. The van der Waals surface area contributed by atoms with E-state index in [4.69, 9.17) is 0 Å². The molecule has 3 aromatic rings. The Morgan fingerprint density at radius 1 is 0.852 bits per heavy atom. The maximum absolute atomic E-state index is 13.4. The Bertz CT molecular complexity index is 898. The topological polar surface area (TPSA) is 0 Å². The van der Waals surface area contributed by atoms with E-state index in [-0.39, 0.29) is 11.2 Å². The van der Waals surface area contributed by atoms with Gasteiger partial charge in [-0.25, -0.2) is 4.39 Å². The minimum absolute atomic E-state index is 0.181. The maximum Gasteiger partial charge on any atom is 0.124 e. The van der Waals surface area contributed by atoms with Crippen LogP contribution in [0.1, 0.15) is 43.4 Å². The molecular formula is C25H27FS. The summed E-state index contributed by atoms with van der Waals surface area (Å²) in [5.74, 6) is -0.186. The van der Waals surface area contributed by atoms with Gasteiger partial charge in [-0.1, -0.05) is 73.6 Å². The fourth-order valence-electron chi connectivity index (χ4n) is 3.38. The Morgan fingerprint density at radius 2 is 1.56 bits per heavy atom. The van der Waals surface area contributed by atoms with Gasteiger partial charge in [0.2, 0.25) is 0 Å². The van der Waals surface area contributed by atoms with Crippen LogP contribution in [0, 0.1) is 12.7 Å². The van der Waals surface area contributed by atoms with Crippen molar-refractivity contribution in [2.45, 2.75) is 55.2 Å². The molecule has 0 unspecified atom stereocenters. The summed E-state index contributed by atoms with van der Waals surface area (Å²) in [5.41, 5.74) is 4.26. The monoisotopic (exact) mass is 378 g/mol. The lowest BCUT2D eigenvalue weighted by molar-refractivity contribution is 0.461. The molecule has 3 aromatic carbocycles. The summed E-state index contributed by atoms with van der Waals surface area (Å²) in [7, 11) is 0. The van der Waals surface area contributed by atoms with Crippen LogP contribution in [0.5, 0.6) is 0 Å². The predicted octanol–water partition coefficient (Wildman–Crippen LogP) is 7.59. The van der Waals surface area contributed by atoms with Crippen LogP contribution in [-0.4, -0.2) is 0 Å². The van der Waals surface area contributed by atoms with E-state index in [1.165, 1.54) is 22.8 Å². The molecular weight excluding hydrogens is 351 g/mol. The van der Waals surface area contributed by atoms with E-state index in [9.17, 15) is 4.39 Å². The van der Waals surface area contributed by atoms with Crippen LogP contribution in [0.25, 0.3) is 0 Å². The molecule has 0 saturated carbocycles. The van der Waals surface area contributed by atoms with Gasteiger partial charge in [-0.15, -0.1) is 0 Å². The Hall–Kier alpha value is -2.06. The zero-order chi connectivity index (χ0) is 19.3. The molecule has 0 aliphatic heterocycles. The Labute approximate surface area is 166 Å². The van der Waals surface area contributed by atoms with Crippen molar-refractivity contribution in [3.8, 4) is 0 Å². The Morgan fingerprint density at radius 3 is 2.30 bits per heavy atom. The average molecular weight is 379 g/mol. The van der Waals surface area contributed by atoms with Crippen molar-refractivity contribution >= 4 is 11.8 Å². The van der Waals surface area contributed by atoms with E-state index >= 15 is 0 Å². The molecule has 0 radical (unpaired) electrons. The molecule has 0 fully saturated rings. The van der Waals surface area contributed by atoms with Gasteiger partial charge < -0.3 is 0 Å². The summed E-state index contributed by atoms with van der Waals surface area (Å²) in [6.45, 7) is 6.82. The molecule has 0 nitrogen and oxygen atoms in total. The van der Waals surface area contributed by atoms with E-state index in [1.807, 2.05) is 6.07 Å². The third-order valence-corrected chi connectivity index (χ3v) is 5.98. The van der Waals surface area contributed by atoms with Gasteiger partial charge in [0.15, 0.2) is 0 Å². The highest BCUT2D eigenvalue weighted by Gasteiger charge is 2.20. The number of halogens is 1. The van der Waals surface area contributed by atoms with E-state index in [0.29, 0.717) is 0 Å². The summed E-state index contributed by atoms with van der Waals surface area (Å²) < 4.78 is 13.4. The molecule has 0 amide bonds. The van der Waals surface area contributed by atoms with Crippen LogP contribution >= 0.6 is 11.8 Å². The highest BCUT2D eigenvalue weighted by Crippen LogP contribution is 2.31. The van der Waals surface area contributed by atoms with E-state index in [0.717, 1.165) is 29.1 Å². The highest BCUT2D eigenvalue weighted by atomic mass is 32.2. The highest BCUT2D eigenvalue weighted by molar-refractivity contribution is 7.99. The SMILES string of the molecule is Cc1cccc(C(C)(C)CCCc2cccc(Sc3cccc(F)c3)c2)c1. The standard InChI is InChI=1S/C25H27FS/c1-19-8-4-11-21(16-19)25(2,3)15-7-10-20-9-5-13-23(17-20)27-24-14-6-12-22(26)18-24/h4-6,8-9,11-14,16-18H,7,10,15H2,1-3H3. The van der Waals surface area contributed by atoms with Gasteiger partial charge >= 0.3 is 0 Å². The van der Waals surface area contributed by atoms with Gasteiger partial charge in [-0.3, -0.25) is 0 Å². The molecule has 0 aromatic heterocycles. The Kier molecular flexibility index (Phi) is 6.38. The van der Waals surface area contributed by atoms with Gasteiger partial charge in [-0.05, 0) is 73.1 Å². The molecule has 0 N–H and O–H groups in total. The predicted molar refractivity (Wildman–Crippen MR) is 114 cm³/mol. The molecule has 0 spiro atoms. The second-order valence-corrected chi connectivity index (χ2v) is 8.96. The summed E-state index contributed by atoms with van der Waals surface area (Å²) in [5, 5.41) is 0. The van der Waals surface area contributed by atoms with Crippen LogP contribution in [0.3, 0.4) is 0 Å². The van der Waals surface area contributed by atoms with Gasteiger partial charge in [-0.2, -0.15) is 0 Å². The fraction of sp³-hybridized carbons (Fsp3) is 0.280. The van der Waals surface area contributed by atoms with Crippen LogP contribution in [-0.2, 0) is 11.8 Å². The quantitative estimate of drug-likeness (QED) is 0.408. The van der Waals surface area contributed by atoms with Gasteiger partial charge in [0.05, 0.1) is 0 Å². The first kappa shape index (κ1) is 19.7. The smallest absolute Gasteiger partial charge is 0.124 e. The summed E-state index contributed by atoms with van der Waals surface area (Å²) in [6.07, 6.45) is 3.36. The lowest BCUT2D eigenvalue weighted by Crippen LogP contribution is -2.17. The summed E-state index contributed by atoms with van der Waals surface area (Å²) >= 11 is 1.61. The lowest BCUT2D eigenvalue weighted by Gasteiger charge is -2.25. The molecule has 27 heavy (non-hydrogen) atoms. The third-order valence-electron chi connectivity index (χ3n) is 5.00. The molecule has 3 rings (SSSR count). The molecule has 0 aliphatic carbocycles. The second kappa shape index (κ2) is 8.75. The van der Waals surface area contributed by atoms with Crippen molar-refractivity contribution < 1.29 is 4.39 Å². The van der Waals surface area contributed by atoms with Crippen molar-refractivity contribution in [1.82, 2.24) is 0 Å². The van der Waals surface area contributed by atoms with Crippen molar-refractivity contribution in [1.29, 1.82) is 0 Å². The van der Waals surface area contributed by atoms with Crippen LogP contribution in [0.15, 0.2) is 82.6 Å². The van der Waals surface area contributed by atoms with Crippen molar-refractivity contribution in [3.05, 3.63) is 95.3 Å². The zero-order valence-corrected chi connectivity index (χ0v) is 17.2. The van der Waals surface area contributed by atoms with E-state index in [2.05, 4.69) is 69.3 Å². The molecule has 2 heteroatoms. The number of benzene rings is 3. The number of hydrogen-bond donors (Lipinski definition) is 0. The molecule has 0 aliphatic rings. The molecule has 0 bridgehead atoms. The first-order valence-electron chi connectivity index (χ1n) is 9.52. The zero-order valence-electron chi connectivity index (χ0n) is 16.3. The van der Waals surface area contributed by atoms with Crippen molar-refractivity contribution in [3.63, 3.8) is 0 Å². The Balaban J connectivity index is 1.60. The maximum atomic E-state index is 13.4. The molecule has 0 atom stereocenters. The summed E-state index contributed by atoms with van der Waals surface area (Å²) in [6, 6.07) is 24.2. The second-order valence-electron chi connectivity index (χ2n) is 7.81. The fourth-order valence-corrected chi connectivity index (χ4v) is 4.32. The molecule has 0 heterocycles. The number of rotatable bonds is 7. The van der Waals surface area contributed by atoms with Crippen LogP contribution in [0.2, 0.25) is 0 Å².